The normalized spacial score (nSPS) is 14.2. The highest BCUT2D eigenvalue weighted by molar-refractivity contribution is 8.00. The van der Waals surface area contributed by atoms with Gasteiger partial charge >= 0.3 is 5.97 Å². The van der Waals surface area contributed by atoms with Crippen molar-refractivity contribution in [2.75, 3.05) is 12.4 Å². The van der Waals surface area contributed by atoms with E-state index in [0.717, 1.165) is 0 Å². The van der Waals surface area contributed by atoms with Crippen LogP contribution in [0.2, 0.25) is 0 Å². The summed E-state index contributed by atoms with van der Waals surface area (Å²) < 4.78 is 11.8. The van der Waals surface area contributed by atoms with E-state index in [2.05, 4.69) is 0 Å². The first-order chi connectivity index (χ1) is 5.89. The van der Waals surface area contributed by atoms with Crippen LogP contribution in [0.4, 0.5) is 4.39 Å². The minimum atomic E-state index is -0.809. The van der Waals surface area contributed by atoms with Gasteiger partial charge < -0.3 is 5.11 Å². The first-order valence-electron chi connectivity index (χ1n) is 4.30. The van der Waals surface area contributed by atoms with Gasteiger partial charge in [-0.15, -0.1) is 11.8 Å². The van der Waals surface area contributed by atoms with Gasteiger partial charge in [0.05, 0.1) is 6.67 Å². The maximum absolute atomic E-state index is 11.8. The van der Waals surface area contributed by atoms with E-state index < -0.39 is 11.2 Å². The number of carbonyl (C=O) groups is 1. The zero-order valence-electron chi connectivity index (χ0n) is 8.34. The van der Waals surface area contributed by atoms with E-state index in [1.165, 1.54) is 11.8 Å². The molecule has 1 unspecified atom stereocenters. The molecule has 0 aromatic rings. The van der Waals surface area contributed by atoms with E-state index >= 15 is 0 Å². The lowest BCUT2D eigenvalue weighted by molar-refractivity contribution is -0.138. The fourth-order valence-corrected chi connectivity index (χ4v) is 2.10. The lowest BCUT2D eigenvalue weighted by atomic mass is 9.92. The van der Waals surface area contributed by atoms with Crippen molar-refractivity contribution in [2.45, 2.75) is 32.4 Å². The Kier molecular flexibility index (Phi) is 5.37. The molecule has 0 aromatic heterocycles. The van der Waals surface area contributed by atoms with Crippen LogP contribution in [0.5, 0.6) is 0 Å². The average Bonchev–Trinajstić information content (AvgIpc) is 1.94. The molecule has 0 heterocycles. The zero-order valence-corrected chi connectivity index (χ0v) is 9.16. The number of rotatable bonds is 5. The zero-order chi connectivity index (χ0) is 10.5. The number of hydrogen-bond donors (Lipinski definition) is 1. The van der Waals surface area contributed by atoms with Crippen LogP contribution in [0, 0.1) is 5.41 Å². The van der Waals surface area contributed by atoms with E-state index in [9.17, 15) is 9.18 Å². The van der Waals surface area contributed by atoms with Gasteiger partial charge in [0.25, 0.3) is 0 Å². The number of halogens is 1. The van der Waals surface area contributed by atoms with Crippen LogP contribution in [0.1, 0.15) is 27.2 Å². The topological polar surface area (TPSA) is 37.3 Å². The van der Waals surface area contributed by atoms with Gasteiger partial charge in [0.15, 0.2) is 0 Å². The first-order valence-corrected chi connectivity index (χ1v) is 5.35. The lowest BCUT2D eigenvalue weighted by Crippen LogP contribution is -2.31. The minimum Gasteiger partial charge on any atom is -0.480 e. The molecule has 4 heteroatoms. The number of carboxylic acids is 1. The summed E-state index contributed by atoms with van der Waals surface area (Å²) in [6.07, 6.45) is 0.435. The summed E-state index contributed by atoms with van der Waals surface area (Å²) in [4.78, 5) is 10.8. The molecule has 0 radical (unpaired) electrons. The van der Waals surface area contributed by atoms with E-state index in [4.69, 9.17) is 5.11 Å². The van der Waals surface area contributed by atoms with Crippen LogP contribution in [-0.4, -0.2) is 28.8 Å². The number of hydrogen-bond acceptors (Lipinski definition) is 2. The number of thioether (sulfide) groups is 1. The van der Waals surface area contributed by atoms with Gasteiger partial charge in [-0.25, -0.2) is 0 Å². The summed E-state index contributed by atoms with van der Waals surface area (Å²) in [5.74, 6) is -0.235. The average molecular weight is 208 g/mol. The molecule has 0 bridgehead atoms. The second-order valence-electron chi connectivity index (χ2n) is 4.00. The summed E-state index contributed by atoms with van der Waals surface area (Å²) in [7, 11) is 0. The second-order valence-corrected chi connectivity index (χ2v) is 5.21. The van der Waals surface area contributed by atoms with E-state index in [1.54, 1.807) is 0 Å². The summed E-state index contributed by atoms with van der Waals surface area (Å²) >= 11 is 1.32. The van der Waals surface area contributed by atoms with Gasteiger partial charge in [0, 0.05) is 0 Å². The molecule has 0 saturated heterocycles. The van der Waals surface area contributed by atoms with Crippen molar-refractivity contribution in [2.24, 2.45) is 5.41 Å². The van der Waals surface area contributed by atoms with E-state index in [0.29, 0.717) is 12.2 Å². The van der Waals surface area contributed by atoms with Crippen LogP contribution in [0.15, 0.2) is 0 Å². The Balaban J connectivity index is 4.04. The maximum atomic E-state index is 11.8. The molecule has 0 fully saturated rings. The predicted molar refractivity (Wildman–Crippen MR) is 53.9 cm³/mol. The molecule has 0 aliphatic carbocycles. The molecule has 0 aromatic carbocycles. The smallest absolute Gasteiger partial charge is 0.317 e. The predicted octanol–water partition coefficient (Wildman–Crippen LogP) is 2.58. The third kappa shape index (κ3) is 5.13. The van der Waals surface area contributed by atoms with Gasteiger partial charge in [-0.1, -0.05) is 20.8 Å². The van der Waals surface area contributed by atoms with Crippen molar-refractivity contribution < 1.29 is 14.3 Å². The van der Waals surface area contributed by atoms with Gasteiger partial charge in [0.2, 0.25) is 0 Å². The van der Waals surface area contributed by atoms with Gasteiger partial charge in [-0.05, 0) is 17.6 Å². The van der Waals surface area contributed by atoms with Gasteiger partial charge in [-0.2, -0.15) is 0 Å². The van der Waals surface area contributed by atoms with Crippen LogP contribution < -0.4 is 0 Å². The number of aliphatic carboxylic acids is 1. The molecule has 0 spiro atoms. The SMILES string of the molecule is CC(C)(C)C(SCCCF)C(=O)O. The molecular weight excluding hydrogens is 191 g/mol. The Morgan fingerprint density at radius 2 is 2.08 bits per heavy atom. The Morgan fingerprint density at radius 1 is 1.54 bits per heavy atom. The van der Waals surface area contributed by atoms with E-state index in [-0.39, 0.29) is 12.1 Å². The fraction of sp³-hybridized carbons (Fsp3) is 0.889. The van der Waals surface area contributed by atoms with Gasteiger partial charge in [0.1, 0.15) is 5.25 Å². The molecule has 78 valence electrons. The van der Waals surface area contributed by atoms with Crippen LogP contribution in [-0.2, 0) is 4.79 Å². The molecule has 1 N–H and O–H groups in total. The summed E-state index contributed by atoms with van der Waals surface area (Å²) in [6, 6.07) is 0. The maximum Gasteiger partial charge on any atom is 0.317 e. The molecule has 0 rings (SSSR count). The second kappa shape index (κ2) is 5.47. The van der Waals surface area contributed by atoms with Crippen molar-refractivity contribution in [3.05, 3.63) is 0 Å². The highest BCUT2D eigenvalue weighted by atomic mass is 32.2. The Hall–Kier alpha value is -0.250. The monoisotopic (exact) mass is 208 g/mol. The molecule has 0 amide bonds. The molecular formula is C9H17FO2S. The number of alkyl halides is 1. The Morgan fingerprint density at radius 3 is 2.38 bits per heavy atom. The van der Waals surface area contributed by atoms with Crippen LogP contribution in [0.3, 0.4) is 0 Å². The van der Waals surface area contributed by atoms with E-state index in [1.807, 2.05) is 20.8 Å². The van der Waals surface area contributed by atoms with Crippen molar-refractivity contribution in [3.8, 4) is 0 Å². The standard InChI is InChI=1S/C9H17FO2S/c1-9(2,3)7(8(11)12)13-6-4-5-10/h7H,4-6H2,1-3H3,(H,11,12). The summed E-state index contributed by atoms with van der Waals surface area (Å²) in [5, 5.41) is 8.45. The fourth-order valence-electron chi connectivity index (χ4n) is 0.947. The van der Waals surface area contributed by atoms with Crippen molar-refractivity contribution in [1.29, 1.82) is 0 Å². The molecule has 13 heavy (non-hydrogen) atoms. The van der Waals surface area contributed by atoms with Crippen LogP contribution in [0.25, 0.3) is 0 Å². The highest BCUT2D eigenvalue weighted by Crippen LogP contribution is 2.30. The van der Waals surface area contributed by atoms with Crippen LogP contribution >= 0.6 is 11.8 Å². The summed E-state index contributed by atoms with van der Waals surface area (Å²) in [6.45, 7) is 5.28. The highest BCUT2D eigenvalue weighted by Gasteiger charge is 2.31. The molecule has 0 aliphatic rings. The lowest BCUT2D eigenvalue weighted by Gasteiger charge is -2.26. The Bertz CT molecular complexity index is 165. The molecule has 2 nitrogen and oxygen atoms in total. The third-order valence-corrected chi connectivity index (χ3v) is 3.34. The van der Waals surface area contributed by atoms with Crippen molar-refractivity contribution in [1.82, 2.24) is 0 Å². The van der Waals surface area contributed by atoms with Crippen molar-refractivity contribution in [3.63, 3.8) is 0 Å². The summed E-state index contributed by atoms with van der Waals surface area (Å²) in [5.41, 5.74) is -0.271. The molecule has 1 atom stereocenters. The van der Waals surface area contributed by atoms with Crippen molar-refractivity contribution >= 4 is 17.7 Å². The Labute approximate surface area is 82.9 Å². The quantitative estimate of drug-likeness (QED) is 0.706. The third-order valence-electron chi connectivity index (χ3n) is 1.57. The first kappa shape index (κ1) is 12.8. The number of carboxylic acid groups (broad SMARTS) is 1. The largest absolute Gasteiger partial charge is 0.480 e. The minimum absolute atomic E-state index is 0.271. The molecule has 0 saturated carbocycles. The van der Waals surface area contributed by atoms with Gasteiger partial charge in [-0.3, -0.25) is 9.18 Å². The molecule has 0 aliphatic heterocycles.